The lowest BCUT2D eigenvalue weighted by molar-refractivity contribution is -0.384. The molecule has 9 heteroatoms. The van der Waals surface area contributed by atoms with E-state index in [1.807, 2.05) is 0 Å². The number of carboxylic acid groups (broad SMARTS) is 1. The number of amides is 1. The molecule has 2 heterocycles. The molecule has 2 aliphatic rings. The molecule has 1 aliphatic carbocycles. The van der Waals surface area contributed by atoms with Gasteiger partial charge < -0.3 is 14.6 Å². The van der Waals surface area contributed by atoms with Gasteiger partial charge in [-0.1, -0.05) is 6.42 Å². The molecule has 1 saturated carbocycles. The van der Waals surface area contributed by atoms with Crippen molar-refractivity contribution in [3.8, 4) is 5.69 Å². The lowest BCUT2D eigenvalue weighted by atomic mass is 9.81. The number of likely N-dealkylation sites (tertiary alicyclic amines) is 1. The Kier molecular flexibility index (Phi) is 3.94. The Balaban J connectivity index is 1.64. The summed E-state index contributed by atoms with van der Waals surface area (Å²) in [4.78, 5) is 41.1. The second-order valence-electron chi connectivity index (χ2n) is 7.17. The van der Waals surface area contributed by atoms with Gasteiger partial charge in [0.15, 0.2) is 0 Å². The maximum absolute atomic E-state index is 12.9. The number of aliphatic carboxylic acids is 1. The zero-order chi connectivity index (χ0) is 19.2. The van der Waals surface area contributed by atoms with Crippen molar-refractivity contribution in [3.05, 3.63) is 52.6 Å². The van der Waals surface area contributed by atoms with E-state index >= 15 is 0 Å². The molecule has 1 aromatic heterocycles. The number of imidazole rings is 1. The third kappa shape index (κ3) is 2.66. The highest BCUT2D eigenvalue weighted by Gasteiger charge is 2.55. The van der Waals surface area contributed by atoms with Crippen LogP contribution in [0.25, 0.3) is 5.69 Å². The molecular weight excluding hydrogens is 352 g/mol. The Morgan fingerprint density at radius 2 is 2.19 bits per heavy atom. The number of carbonyl (C=O) groups is 2. The Labute approximate surface area is 154 Å². The number of nitro groups is 1. The molecule has 27 heavy (non-hydrogen) atoms. The van der Waals surface area contributed by atoms with Crippen LogP contribution in [0.5, 0.6) is 0 Å². The summed E-state index contributed by atoms with van der Waals surface area (Å²) in [5.41, 5.74) is -0.579. The molecule has 1 amide bonds. The summed E-state index contributed by atoms with van der Waals surface area (Å²) in [5.74, 6) is -1.29. The van der Waals surface area contributed by atoms with Crippen molar-refractivity contribution in [2.75, 3.05) is 13.1 Å². The average molecular weight is 370 g/mol. The number of hydrogen-bond acceptors (Lipinski definition) is 5. The zero-order valence-electron chi connectivity index (χ0n) is 14.4. The molecule has 0 radical (unpaired) electrons. The van der Waals surface area contributed by atoms with Crippen LogP contribution in [-0.4, -0.2) is 49.4 Å². The van der Waals surface area contributed by atoms with E-state index in [-0.39, 0.29) is 29.6 Å². The van der Waals surface area contributed by atoms with Crippen LogP contribution in [0.15, 0.2) is 36.9 Å². The third-order valence-electron chi connectivity index (χ3n) is 5.79. The van der Waals surface area contributed by atoms with Gasteiger partial charge in [-0.3, -0.25) is 19.7 Å². The summed E-state index contributed by atoms with van der Waals surface area (Å²) in [6.07, 6.45) is 6.75. The largest absolute Gasteiger partial charge is 0.481 e. The lowest BCUT2D eigenvalue weighted by Crippen LogP contribution is -2.37. The van der Waals surface area contributed by atoms with Gasteiger partial charge >= 0.3 is 5.97 Å². The SMILES string of the molecule is O=C(c1ccc(-n2ccnc2)c([N+](=O)[O-])c1)N1C[C@@H]2CCC[C@@]2(C(=O)O)C1. The van der Waals surface area contributed by atoms with Crippen molar-refractivity contribution in [3.63, 3.8) is 0 Å². The first-order valence-electron chi connectivity index (χ1n) is 8.72. The van der Waals surface area contributed by atoms with Crippen LogP contribution in [0, 0.1) is 21.4 Å². The second kappa shape index (κ2) is 6.19. The third-order valence-corrected chi connectivity index (χ3v) is 5.79. The van der Waals surface area contributed by atoms with E-state index in [0.29, 0.717) is 18.7 Å². The van der Waals surface area contributed by atoms with E-state index in [2.05, 4.69) is 4.98 Å². The predicted octanol–water partition coefficient (Wildman–Crippen LogP) is 2.11. The van der Waals surface area contributed by atoms with Gasteiger partial charge in [0.05, 0.1) is 16.7 Å². The molecule has 2 fully saturated rings. The van der Waals surface area contributed by atoms with Crippen LogP contribution in [-0.2, 0) is 4.79 Å². The van der Waals surface area contributed by atoms with Gasteiger partial charge in [-0.05, 0) is 30.9 Å². The molecule has 2 aromatic rings. The lowest BCUT2D eigenvalue weighted by Gasteiger charge is -2.23. The van der Waals surface area contributed by atoms with E-state index in [1.165, 1.54) is 40.2 Å². The molecule has 1 saturated heterocycles. The number of fused-ring (bicyclic) bond motifs is 1. The normalized spacial score (nSPS) is 24.0. The van der Waals surface area contributed by atoms with Gasteiger partial charge in [0, 0.05) is 37.1 Å². The Morgan fingerprint density at radius 1 is 1.37 bits per heavy atom. The van der Waals surface area contributed by atoms with Crippen LogP contribution in [0.1, 0.15) is 29.6 Å². The number of carbonyl (C=O) groups excluding carboxylic acids is 1. The maximum Gasteiger partial charge on any atom is 0.311 e. The molecule has 1 aromatic carbocycles. The van der Waals surface area contributed by atoms with Crippen molar-refractivity contribution in [1.82, 2.24) is 14.5 Å². The topological polar surface area (TPSA) is 119 Å². The number of rotatable bonds is 4. The smallest absolute Gasteiger partial charge is 0.311 e. The van der Waals surface area contributed by atoms with Gasteiger partial charge in [0.1, 0.15) is 5.69 Å². The van der Waals surface area contributed by atoms with Gasteiger partial charge in [-0.15, -0.1) is 0 Å². The van der Waals surface area contributed by atoms with Crippen LogP contribution < -0.4 is 0 Å². The highest BCUT2D eigenvalue weighted by molar-refractivity contribution is 5.96. The molecule has 9 nitrogen and oxygen atoms in total. The number of nitrogens with zero attached hydrogens (tertiary/aromatic N) is 4. The average Bonchev–Trinajstić information content (AvgIpc) is 3.36. The van der Waals surface area contributed by atoms with Gasteiger partial charge in [-0.2, -0.15) is 0 Å². The minimum atomic E-state index is -0.877. The van der Waals surface area contributed by atoms with Gasteiger partial charge in [0.25, 0.3) is 11.6 Å². The minimum absolute atomic E-state index is 0.0563. The first-order valence-corrected chi connectivity index (χ1v) is 8.72. The van der Waals surface area contributed by atoms with Crippen molar-refractivity contribution in [1.29, 1.82) is 0 Å². The number of benzene rings is 1. The fourth-order valence-electron chi connectivity index (χ4n) is 4.40. The number of hydrogen-bond donors (Lipinski definition) is 1. The van der Waals surface area contributed by atoms with Crippen LogP contribution >= 0.6 is 0 Å². The monoisotopic (exact) mass is 370 g/mol. The molecular formula is C18H18N4O5. The summed E-state index contributed by atoms with van der Waals surface area (Å²) in [7, 11) is 0. The van der Waals surface area contributed by atoms with E-state index < -0.39 is 16.3 Å². The van der Waals surface area contributed by atoms with Crippen LogP contribution in [0.2, 0.25) is 0 Å². The van der Waals surface area contributed by atoms with E-state index in [9.17, 15) is 24.8 Å². The first kappa shape index (κ1) is 17.2. The number of nitro benzene ring substituents is 1. The zero-order valence-corrected chi connectivity index (χ0v) is 14.4. The van der Waals surface area contributed by atoms with Gasteiger partial charge in [0.2, 0.25) is 0 Å². The van der Waals surface area contributed by atoms with Crippen molar-refractivity contribution in [2.24, 2.45) is 11.3 Å². The Morgan fingerprint density at radius 3 is 2.81 bits per heavy atom. The summed E-state index contributed by atoms with van der Waals surface area (Å²) >= 11 is 0. The molecule has 2 atom stereocenters. The van der Waals surface area contributed by atoms with Crippen molar-refractivity contribution >= 4 is 17.6 Å². The van der Waals surface area contributed by atoms with Crippen LogP contribution in [0.4, 0.5) is 5.69 Å². The molecule has 0 spiro atoms. The van der Waals surface area contributed by atoms with Crippen molar-refractivity contribution < 1.29 is 19.6 Å². The number of carboxylic acids is 1. The quantitative estimate of drug-likeness (QED) is 0.650. The molecule has 4 rings (SSSR count). The van der Waals surface area contributed by atoms with E-state index in [4.69, 9.17) is 0 Å². The van der Waals surface area contributed by atoms with Crippen molar-refractivity contribution in [2.45, 2.75) is 19.3 Å². The Bertz CT molecular complexity index is 926. The van der Waals surface area contributed by atoms with Crippen LogP contribution in [0.3, 0.4) is 0 Å². The number of aromatic nitrogens is 2. The first-order chi connectivity index (χ1) is 12.9. The Hall–Kier alpha value is -3.23. The predicted molar refractivity (Wildman–Crippen MR) is 93.5 cm³/mol. The molecule has 0 bridgehead atoms. The molecule has 1 N–H and O–H groups in total. The standard InChI is InChI=1S/C18H18N4O5/c23-16(21-9-13-2-1-5-18(13,10-21)17(24)25)12-3-4-14(15(8-12)22(26)27)20-7-6-19-11-20/h3-4,6-8,11,13H,1-2,5,9-10H2,(H,24,25)/t13-,18+/m0/s1. The fourth-order valence-corrected chi connectivity index (χ4v) is 4.40. The molecule has 1 aliphatic heterocycles. The van der Waals surface area contributed by atoms with Gasteiger partial charge in [-0.25, -0.2) is 4.98 Å². The maximum atomic E-state index is 12.9. The molecule has 0 unspecified atom stereocenters. The van der Waals surface area contributed by atoms with E-state index in [1.54, 1.807) is 6.20 Å². The minimum Gasteiger partial charge on any atom is -0.481 e. The highest BCUT2D eigenvalue weighted by Crippen LogP contribution is 2.49. The second-order valence-corrected chi connectivity index (χ2v) is 7.17. The molecule has 140 valence electrons. The highest BCUT2D eigenvalue weighted by atomic mass is 16.6. The summed E-state index contributed by atoms with van der Waals surface area (Å²) in [6, 6.07) is 4.29. The summed E-state index contributed by atoms with van der Waals surface area (Å²) < 4.78 is 1.51. The van der Waals surface area contributed by atoms with E-state index in [0.717, 1.165) is 12.8 Å². The summed E-state index contributed by atoms with van der Waals surface area (Å²) in [6.45, 7) is 0.533. The fraction of sp³-hybridized carbons (Fsp3) is 0.389. The summed E-state index contributed by atoms with van der Waals surface area (Å²) in [5, 5.41) is 21.1.